The molecule has 0 saturated heterocycles. The quantitative estimate of drug-likeness (QED) is 0.294. The first kappa shape index (κ1) is 16.3. The van der Waals surface area contributed by atoms with E-state index in [0.29, 0.717) is 19.1 Å². The fourth-order valence-corrected chi connectivity index (χ4v) is 1.54. The Hall–Kier alpha value is -0.690. The lowest BCUT2D eigenvalue weighted by Gasteiger charge is -2.18. The molecule has 0 rings (SSSR count). The van der Waals surface area contributed by atoms with Crippen molar-refractivity contribution in [2.75, 3.05) is 40.8 Å². The highest BCUT2D eigenvalue weighted by Crippen LogP contribution is 1.94. The van der Waals surface area contributed by atoms with E-state index in [9.17, 15) is 4.79 Å². The summed E-state index contributed by atoms with van der Waals surface area (Å²) in [4.78, 5) is 11.6. The molecule has 0 aromatic heterocycles. The molecule has 17 heavy (non-hydrogen) atoms. The van der Waals surface area contributed by atoms with E-state index in [-0.39, 0.29) is 5.91 Å². The summed E-state index contributed by atoms with van der Waals surface area (Å²) in [5.74, 6) is -0.104. The third-order valence-corrected chi connectivity index (χ3v) is 2.67. The predicted octanol–water partition coefficient (Wildman–Crippen LogP) is -1.76. The summed E-state index contributed by atoms with van der Waals surface area (Å²) in [6.45, 7) is 2.11. The highest BCUT2D eigenvalue weighted by atomic mass is 16.2. The minimum absolute atomic E-state index is 0.104. The molecule has 0 fully saturated rings. The number of nitrogens with two attached hydrogens (primary N) is 1. The number of hydrogen-bond acceptors (Lipinski definition) is 5. The summed E-state index contributed by atoms with van der Waals surface area (Å²) in [6.07, 6.45) is 2.11. The van der Waals surface area contributed by atoms with E-state index < -0.39 is 6.04 Å². The van der Waals surface area contributed by atoms with Crippen molar-refractivity contribution in [1.29, 1.82) is 0 Å². The second kappa shape index (κ2) is 10.5. The maximum atomic E-state index is 11.6. The van der Waals surface area contributed by atoms with Crippen molar-refractivity contribution in [2.45, 2.75) is 24.9 Å². The normalized spacial score (nSPS) is 14.4. The van der Waals surface area contributed by atoms with Crippen molar-refractivity contribution < 1.29 is 4.79 Å². The Kier molecular flexibility index (Phi) is 10.0. The zero-order chi connectivity index (χ0) is 13.1. The van der Waals surface area contributed by atoms with Gasteiger partial charge in [0.05, 0.1) is 6.04 Å². The molecule has 0 aliphatic rings. The molecule has 6 nitrogen and oxygen atoms in total. The molecule has 0 heterocycles. The predicted molar refractivity (Wildman–Crippen MR) is 70.9 cm³/mol. The van der Waals surface area contributed by atoms with Crippen LogP contribution in [-0.2, 0) is 4.79 Å². The molecule has 0 aliphatic heterocycles. The van der Waals surface area contributed by atoms with Gasteiger partial charge in [-0.15, -0.1) is 0 Å². The molecule has 6 N–H and O–H groups in total. The Labute approximate surface area is 104 Å². The monoisotopic (exact) mass is 245 g/mol. The Morgan fingerprint density at radius 2 is 1.88 bits per heavy atom. The molecule has 0 unspecified atom stereocenters. The lowest BCUT2D eigenvalue weighted by Crippen LogP contribution is -2.49. The minimum Gasteiger partial charge on any atom is -0.353 e. The molecule has 0 aromatic carbocycles. The van der Waals surface area contributed by atoms with E-state index >= 15 is 0 Å². The number of hydrogen-bond donors (Lipinski definition) is 5. The number of amides is 1. The first-order chi connectivity index (χ1) is 8.15. The van der Waals surface area contributed by atoms with E-state index in [1.165, 1.54) is 0 Å². The van der Waals surface area contributed by atoms with Gasteiger partial charge in [-0.1, -0.05) is 0 Å². The van der Waals surface area contributed by atoms with Crippen LogP contribution >= 0.6 is 0 Å². The number of carbonyl (C=O) groups is 1. The van der Waals surface area contributed by atoms with Gasteiger partial charge >= 0.3 is 0 Å². The lowest BCUT2D eigenvalue weighted by atomic mass is 10.1. The maximum Gasteiger partial charge on any atom is 0.238 e. The third-order valence-electron chi connectivity index (χ3n) is 2.67. The van der Waals surface area contributed by atoms with Crippen LogP contribution in [0.4, 0.5) is 0 Å². The first-order valence-electron chi connectivity index (χ1n) is 6.15. The van der Waals surface area contributed by atoms with E-state index in [4.69, 9.17) is 5.73 Å². The van der Waals surface area contributed by atoms with Crippen molar-refractivity contribution in [3.63, 3.8) is 0 Å². The van der Waals surface area contributed by atoms with Crippen LogP contribution in [0, 0.1) is 0 Å². The van der Waals surface area contributed by atoms with Crippen LogP contribution in [0.2, 0.25) is 0 Å². The van der Waals surface area contributed by atoms with Gasteiger partial charge in [0.25, 0.3) is 0 Å². The minimum atomic E-state index is -0.477. The van der Waals surface area contributed by atoms with Crippen LogP contribution in [0.1, 0.15) is 12.8 Å². The van der Waals surface area contributed by atoms with E-state index in [2.05, 4.69) is 21.3 Å². The molecule has 0 saturated carbocycles. The largest absolute Gasteiger partial charge is 0.353 e. The van der Waals surface area contributed by atoms with Crippen molar-refractivity contribution in [2.24, 2.45) is 5.73 Å². The molecule has 0 aromatic rings. The average molecular weight is 245 g/mol. The van der Waals surface area contributed by atoms with Crippen LogP contribution in [0.5, 0.6) is 0 Å². The van der Waals surface area contributed by atoms with Crippen molar-refractivity contribution in [1.82, 2.24) is 21.3 Å². The van der Waals surface area contributed by atoms with Crippen LogP contribution in [0.3, 0.4) is 0 Å². The summed E-state index contributed by atoms with van der Waals surface area (Å²) in [6, 6.07) is -0.177. The standard InChI is InChI=1S/C11H27N5O/c1-13-6-4-5-9(15-3)7-16-11(17)10(12)8-14-2/h9-10,13-15H,4-8,12H2,1-3H3,(H,16,17)/t9-,10-/m0/s1. The Morgan fingerprint density at radius 1 is 1.18 bits per heavy atom. The van der Waals surface area contributed by atoms with Gasteiger partial charge in [0.1, 0.15) is 0 Å². The van der Waals surface area contributed by atoms with Crippen molar-refractivity contribution >= 4 is 5.91 Å². The summed E-state index contributed by atoms with van der Waals surface area (Å²) < 4.78 is 0. The highest BCUT2D eigenvalue weighted by Gasteiger charge is 2.13. The SMILES string of the molecule is CNCCC[C@@H](CNC(=O)[C@@H](N)CNC)NC. The Morgan fingerprint density at radius 3 is 2.41 bits per heavy atom. The van der Waals surface area contributed by atoms with Gasteiger partial charge < -0.3 is 27.0 Å². The molecule has 0 aliphatic carbocycles. The molecule has 102 valence electrons. The molecule has 0 radical (unpaired) electrons. The smallest absolute Gasteiger partial charge is 0.238 e. The van der Waals surface area contributed by atoms with Gasteiger partial charge in [0, 0.05) is 19.1 Å². The molecule has 1 amide bonds. The van der Waals surface area contributed by atoms with Gasteiger partial charge in [0.2, 0.25) is 5.91 Å². The van der Waals surface area contributed by atoms with Crippen molar-refractivity contribution in [3.8, 4) is 0 Å². The number of carbonyl (C=O) groups excluding carboxylic acids is 1. The molecule has 0 spiro atoms. The second-order valence-corrected chi connectivity index (χ2v) is 4.14. The molecule has 0 bridgehead atoms. The zero-order valence-corrected chi connectivity index (χ0v) is 11.2. The van der Waals surface area contributed by atoms with Crippen LogP contribution < -0.4 is 27.0 Å². The number of rotatable bonds is 10. The fraction of sp³-hybridized carbons (Fsp3) is 0.909. The Bertz CT molecular complexity index is 200. The summed E-state index contributed by atoms with van der Waals surface area (Å²) in [7, 11) is 5.62. The topological polar surface area (TPSA) is 91.2 Å². The highest BCUT2D eigenvalue weighted by molar-refractivity contribution is 5.81. The van der Waals surface area contributed by atoms with E-state index in [0.717, 1.165) is 19.4 Å². The molecular formula is C11H27N5O. The van der Waals surface area contributed by atoms with Gasteiger partial charge in [0.15, 0.2) is 0 Å². The van der Waals surface area contributed by atoms with Crippen molar-refractivity contribution in [3.05, 3.63) is 0 Å². The molecule has 2 atom stereocenters. The van der Waals surface area contributed by atoms with Gasteiger partial charge in [-0.2, -0.15) is 0 Å². The summed E-state index contributed by atoms with van der Waals surface area (Å²) in [5.41, 5.74) is 5.67. The second-order valence-electron chi connectivity index (χ2n) is 4.14. The van der Waals surface area contributed by atoms with Crippen LogP contribution in [0.25, 0.3) is 0 Å². The summed E-state index contributed by atoms with van der Waals surface area (Å²) >= 11 is 0. The van der Waals surface area contributed by atoms with Gasteiger partial charge in [-0.25, -0.2) is 0 Å². The maximum absolute atomic E-state index is 11.6. The average Bonchev–Trinajstić information content (AvgIpc) is 2.33. The zero-order valence-electron chi connectivity index (χ0n) is 11.2. The number of nitrogens with one attached hydrogen (secondary N) is 4. The lowest BCUT2D eigenvalue weighted by molar-refractivity contribution is -0.122. The molecular weight excluding hydrogens is 218 g/mol. The van der Waals surface area contributed by atoms with Gasteiger partial charge in [-0.3, -0.25) is 4.79 Å². The first-order valence-corrected chi connectivity index (χ1v) is 6.15. The number of likely N-dealkylation sites (N-methyl/N-ethyl adjacent to an activating group) is 2. The molecule has 6 heteroatoms. The van der Waals surface area contributed by atoms with Crippen LogP contribution in [-0.4, -0.2) is 58.8 Å². The Balaban J connectivity index is 3.77. The van der Waals surface area contributed by atoms with E-state index in [1.807, 2.05) is 14.1 Å². The fourth-order valence-electron chi connectivity index (χ4n) is 1.54. The van der Waals surface area contributed by atoms with Crippen LogP contribution in [0.15, 0.2) is 0 Å². The van der Waals surface area contributed by atoms with Gasteiger partial charge in [-0.05, 0) is 40.5 Å². The summed E-state index contributed by atoms with van der Waals surface area (Å²) in [5, 5.41) is 12.0. The third kappa shape index (κ3) is 8.09. The van der Waals surface area contributed by atoms with E-state index in [1.54, 1.807) is 7.05 Å².